The molecular formula is C18H17N3OS2. The molecule has 6 heteroatoms. The lowest BCUT2D eigenvalue weighted by Crippen LogP contribution is -2.13. The van der Waals surface area contributed by atoms with Crippen molar-refractivity contribution in [1.82, 2.24) is 4.98 Å². The van der Waals surface area contributed by atoms with Crippen molar-refractivity contribution in [2.24, 2.45) is 0 Å². The minimum atomic E-state index is -0.0733. The predicted molar refractivity (Wildman–Crippen MR) is 102 cm³/mol. The number of aryl methyl sites for hydroxylation is 1. The van der Waals surface area contributed by atoms with Crippen LogP contribution in [0.5, 0.6) is 0 Å². The number of nitrogens with zero attached hydrogens (tertiary/aromatic N) is 1. The molecule has 0 radical (unpaired) electrons. The maximum Gasteiger partial charge on any atom is 0.236 e. The Hall–Kier alpha value is -2.31. The molecule has 3 rings (SSSR count). The molecule has 0 spiro atoms. The third-order valence-electron chi connectivity index (χ3n) is 3.32. The van der Waals surface area contributed by atoms with E-state index in [9.17, 15) is 4.79 Å². The van der Waals surface area contributed by atoms with Crippen LogP contribution in [0.3, 0.4) is 0 Å². The monoisotopic (exact) mass is 355 g/mol. The van der Waals surface area contributed by atoms with Gasteiger partial charge in [0.2, 0.25) is 5.91 Å². The van der Waals surface area contributed by atoms with Crippen molar-refractivity contribution < 1.29 is 4.79 Å². The molecule has 0 atom stereocenters. The second-order valence-corrected chi connectivity index (χ2v) is 7.45. The average molecular weight is 355 g/mol. The number of thiazole rings is 1. The number of anilines is 2. The molecule has 4 nitrogen and oxygen atoms in total. The summed E-state index contributed by atoms with van der Waals surface area (Å²) in [6.45, 7) is 2.01. The molecule has 0 aliphatic heterocycles. The maximum atomic E-state index is 12.1. The molecule has 24 heavy (non-hydrogen) atoms. The third-order valence-corrected chi connectivity index (χ3v) is 5.20. The number of carbonyl (C=O) groups is 1. The van der Waals surface area contributed by atoms with E-state index >= 15 is 0 Å². The van der Waals surface area contributed by atoms with Crippen molar-refractivity contribution in [2.45, 2.75) is 11.8 Å². The van der Waals surface area contributed by atoms with Crippen LogP contribution in [0.1, 0.15) is 4.88 Å². The standard InChI is InChI=1S/C18H17N3OS2/c1-12-17(13-6-3-2-4-7-13)21-18(24-12)20-16(22)11-23-15-9-5-8-14(19)10-15/h2-10H,11,19H2,1H3,(H,20,21,22). The number of hydrogen-bond donors (Lipinski definition) is 2. The molecule has 3 aromatic rings. The molecule has 0 saturated carbocycles. The first kappa shape index (κ1) is 16.5. The molecule has 122 valence electrons. The van der Waals surface area contributed by atoms with Gasteiger partial charge in [0.15, 0.2) is 5.13 Å². The first-order valence-electron chi connectivity index (χ1n) is 7.43. The number of hydrogen-bond acceptors (Lipinski definition) is 5. The number of thioether (sulfide) groups is 1. The van der Waals surface area contributed by atoms with Gasteiger partial charge in [0.05, 0.1) is 11.4 Å². The van der Waals surface area contributed by atoms with Gasteiger partial charge in [-0.2, -0.15) is 0 Å². The van der Waals surface area contributed by atoms with E-state index in [0.717, 1.165) is 21.0 Å². The fourth-order valence-corrected chi connectivity index (χ4v) is 3.84. The number of nitrogen functional groups attached to an aromatic ring is 1. The number of benzene rings is 2. The number of aromatic nitrogens is 1. The summed E-state index contributed by atoms with van der Waals surface area (Å²) in [5.74, 6) is 0.249. The van der Waals surface area contributed by atoms with Gasteiger partial charge in [-0.15, -0.1) is 23.1 Å². The summed E-state index contributed by atoms with van der Waals surface area (Å²) in [7, 11) is 0. The van der Waals surface area contributed by atoms with Crippen LogP contribution in [0, 0.1) is 6.92 Å². The van der Waals surface area contributed by atoms with Gasteiger partial charge in [-0.1, -0.05) is 36.4 Å². The molecule has 0 aliphatic carbocycles. The van der Waals surface area contributed by atoms with Crippen LogP contribution in [-0.4, -0.2) is 16.6 Å². The molecular weight excluding hydrogens is 338 g/mol. The molecule has 2 aromatic carbocycles. The smallest absolute Gasteiger partial charge is 0.236 e. The maximum absolute atomic E-state index is 12.1. The first-order chi connectivity index (χ1) is 11.6. The summed E-state index contributed by atoms with van der Waals surface area (Å²) in [4.78, 5) is 18.7. The molecule has 0 fully saturated rings. The first-order valence-corrected chi connectivity index (χ1v) is 9.23. The predicted octanol–water partition coefficient (Wildman–Crippen LogP) is 4.43. The minimum Gasteiger partial charge on any atom is -0.399 e. The van der Waals surface area contributed by atoms with Gasteiger partial charge >= 0.3 is 0 Å². The SMILES string of the molecule is Cc1sc(NC(=O)CSc2cccc(N)c2)nc1-c1ccccc1. The zero-order chi connectivity index (χ0) is 16.9. The van der Waals surface area contributed by atoms with Gasteiger partial charge in [-0.05, 0) is 25.1 Å². The van der Waals surface area contributed by atoms with Crippen molar-refractivity contribution in [3.8, 4) is 11.3 Å². The zero-order valence-corrected chi connectivity index (χ0v) is 14.8. The molecule has 3 N–H and O–H groups in total. The van der Waals surface area contributed by atoms with Crippen molar-refractivity contribution in [1.29, 1.82) is 0 Å². The molecule has 0 unspecified atom stereocenters. The summed E-state index contributed by atoms with van der Waals surface area (Å²) in [5, 5.41) is 3.50. The number of amides is 1. The van der Waals surface area contributed by atoms with Crippen LogP contribution in [0.15, 0.2) is 59.5 Å². The molecule has 0 saturated heterocycles. The Labute approximate surface area is 149 Å². The highest BCUT2D eigenvalue weighted by Gasteiger charge is 2.12. The Morgan fingerprint density at radius 1 is 1.21 bits per heavy atom. The lowest BCUT2D eigenvalue weighted by molar-refractivity contribution is -0.113. The Bertz CT molecular complexity index is 846. The van der Waals surface area contributed by atoms with Crippen LogP contribution >= 0.6 is 23.1 Å². The molecule has 1 amide bonds. The normalized spacial score (nSPS) is 10.5. The van der Waals surface area contributed by atoms with Gasteiger partial charge in [0.25, 0.3) is 0 Å². The Morgan fingerprint density at radius 2 is 2.00 bits per heavy atom. The van der Waals surface area contributed by atoms with Crippen LogP contribution in [-0.2, 0) is 4.79 Å². The average Bonchev–Trinajstić information content (AvgIpc) is 2.94. The van der Waals surface area contributed by atoms with Crippen LogP contribution in [0.25, 0.3) is 11.3 Å². The topological polar surface area (TPSA) is 68.0 Å². The van der Waals surface area contributed by atoms with E-state index in [-0.39, 0.29) is 5.91 Å². The van der Waals surface area contributed by atoms with E-state index < -0.39 is 0 Å². The van der Waals surface area contributed by atoms with Crippen LogP contribution < -0.4 is 11.1 Å². The summed E-state index contributed by atoms with van der Waals surface area (Å²) >= 11 is 2.94. The van der Waals surface area contributed by atoms with Gasteiger partial charge in [0, 0.05) is 21.0 Å². The quantitative estimate of drug-likeness (QED) is 0.525. The van der Waals surface area contributed by atoms with Crippen molar-refractivity contribution in [2.75, 3.05) is 16.8 Å². The highest BCUT2D eigenvalue weighted by atomic mass is 32.2. The summed E-state index contributed by atoms with van der Waals surface area (Å²) in [6.07, 6.45) is 0. The second kappa shape index (κ2) is 7.51. The Kier molecular flexibility index (Phi) is 5.17. The molecule has 1 aromatic heterocycles. The Balaban J connectivity index is 1.63. The lowest BCUT2D eigenvalue weighted by atomic mass is 10.1. The van der Waals surface area contributed by atoms with E-state index in [1.54, 1.807) is 0 Å². The minimum absolute atomic E-state index is 0.0733. The summed E-state index contributed by atoms with van der Waals surface area (Å²) < 4.78 is 0. The van der Waals surface area contributed by atoms with Crippen molar-refractivity contribution in [3.05, 3.63) is 59.5 Å². The molecule has 0 aliphatic rings. The Morgan fingerprint density at radius 3 is 2.75 bits per heavy atom. The number of carbonyl (C=O) groups excluding carboxylic acids is 1. The number of rotatable bonds is 5. The largest absolute Gasteiger partial charge is 0.399 e. The lowest BCUT2D eigenvalue weighted by Gasteiger charge is -2.03. The molecule has 0 bridgehead atoms. The third kappa shape index (κ3) is 4.15. The van der Waals surface area contributed by atoms with Gasteiger partial charge in [0.1, 0.15) is 0 Å². The van der Waals surface area contributed by atoms with Crippen molar-refractivity contribution >= 4 is 39.8 Å². The van der Waals surface area contributed by atoms with Gasteiger partial charge < -0.3 is 11.1 Å². The van der Waals surface area contributed by atoms with Crippen molar-refractivity contribution in [3.63, 3.8) is 0 Å². The number of nitrogens with two attached hydrogens (primary N) is 1. The van der Waals surface area contributed by atoms with Crippen LogP contribution in [0.4, 0.5) is 10.8 Å². The summed E-state index contributed by atoms with van der Waals surface area (Å²) in [5.41, 5.74) is 8.41. The highest BCUT2D eigenvalue weighted by Crippen LogP contribution is 2.30. The van der Waals surface area contributed by atoms with E-state index in [0.29, 0.717) is 16.6 Å². The fraction of sp³-hybridized carbons (Fsp3) is 0.111. The highest BCUT2D eigenvalue weighted by molar-refractivity contribution is 8.00. The van der Waals surface area contributed by atoms with Crippen LogP contribution in [0.2, 0.25) is 0 Å². The van der Waals surface area contributed by atoms with E-state index in [2.05, 4.69) is 10.3 Å². The number of nitrogens with one attached hydrogen (secondary N) is 1. The zero-order valence-electron chi connectivity index (χ0n) is 13.2. The van der Waals surface area contributed by atoms with Gasteiger partial charge in [-0.25, -0.2) is 4.98 Å². The fourth-order valence-electron chi connectivity index (χ4n) is 2.22. The van der Waals surface area contributed by atoms with E-state index in [1.807, 2.05) is 61.5 Å². The molecule has 1 heterocycles. The van der Waals surface area contributed by atoms with E-state index in [4.69, 9.17) is 5.73 Å². The summed E-state index contributed by atoms with van der Waals surface area (Å²) in [6, 6.07) is 17.5. The van der Waals surface area contributed by atoms with Gasteiger partial charge in [-0.3, -0.25) is 4.79 Å². The van der Waals surface area contributed by atoms with E-state index in [1.165, 1.54) is 23.1 Å². The second-order valence-electron chi connectivity index (χ2n) is 5.20.